The number of hydrogen-bond donors (Lipinski definition) is 0. The van der Waals surface area contributed by atoms with Crippen molar-refractivity contribution in [3.05, 3.63) is 35.1 Å². The van der Waals surface area contributed by atoms with Crippen LogP contribution in [0.5, 0.6) is 5.75 Å². The summed E-state index contributed by atoms with van der Waals surface area (Å²) >= 11 is 1.18. The molecule has 0 aliphatic carbocycles. The Morgan fingerprint density at radius 3 is 3.10 bits per heavy atom. The fourth-order valence-electron chi connectivity index (χ4n) is 2.20. The maximum absolute atomic E-state index is 12.4. The average Bonchev–Trinajstić information content (AvgIpc) is 2.91. The highest BCUT2D eigenvalue weighted by molar-refractivity contribution is 7.08. The van der Waals surface area contributed by atoms with Gasteiger partial charge in [-0.25, -0.2) is 0 Å². The van der Waals surface area contributed by atoms with E-state index in [4.69, 9.17) is 4.74 Å². The van der Waals surface area contributed by atoms with Crippen LogP contribution in [-0.2, 0) is 6.42 Å². The van der Waals surface area contributed by atoms with Crippen LogP contribution in [0, 0.1) is 0 Å². The Morgan fingerprint density at radius 1 is 1.52 bits per heavy atom. The van der Waals surface area contributed by atoms with Gasteiger partial charge in [0.1, 0.15) is 16.7 Å². The maximum Gasteiger partial charge on any atom is 0.267 e. The summed E-state index contributed by atoms with van der Waals surface area (Å²) in [4.78, 5) is 18.8. The molecule has 0 bridgehead atoms. The SMILES string of the molecule is CCCc1nnsc1C(=O)N1CC(Oc2cccnc2)C1. The summed E-state index contributed by atoms with van der Waals surface area (Å²) in [6, 6.07) is 3.70. The number of carbonyl (C=O) groups excluding carboxylic acids is 1. The van der Waals surface area contributed by atoms with Crippen molar-refractivity contribution in [2.24, 2.45) is 0 Å². The van der Waals surface area contributed by atoms with E-state index < -0.39 is 0 Å². The normalized spacial score (nSPS) is 14.8. The number of ether oxygens (including phenoxy) is 1. The van der Waals surface area contributed by atoms with Crippen LogP contribution in [0.25, 0.3) is 0 Å². The largest absolute Gasteiger partial charge is 0.485 e. The van der Waals surface area contributed by atoms with Crippen molar-refractivity contribution in [1.82, 2.24) is 19.5 Å². The molecule has 0 N–H and O–H groups in total. The Hall–Kier alpha value is -2.02. The molecule has 3 rings (SSSR count). The van der Waals surface area contributed by atoms with Gasteiger partial charge in [0.15, 0.2) is 0 Å². The minimum atomic E-state index is 0.0134. The molecular formula is C14H16N4O2S. The highest BCUT2D eigenvalue weighted by Gasteiger charge is 2.34. The quantitative estimate of drug-likeness (QED) is 0.842. The molecule has 1 aliphatic heterocycles. The number of likely N-dealkylation sites (tertiary alicyclic amines) is 1. The van der Waals surface area contributed by atoms with E-state index in [0.717, 1.165) is 24.3 Å². The van der Waals surface area contributed by atoms with Crippen LogP contribution in [0.2, 0.25) is 0 Å². The van der Waals surface area contributed by atoms with Gasteiger partial charge >= 0.3 is 0 Å². The molecule has 1 amide bonds. The van der Waals surface area contributed by atoms with Gasteiger partial charge in [-0.3, -0.25) is 9.78 Å². The molecule has 0 radical (unpaired) electrons. The number of carbonyl (C=O) groups is 1. The summed E-state index contributed by atoms with van der Waals surface area (Å²) in [6.45, 7) is 3.25. The van der Waals surface area contributed by atoms with Crippen molar-refractivity contribution >= 4 is 17.4 Å². The number of aromatic nitrogens is 3. The van der Waals surface area contributed by atoms with Gasteiger partial charge < -0.3 is 9.64 Å². The zero-order valence-corrected chi connectivity index (χ0v) is 12.5. The van der Waals surface area contributed by atoms with Gasteiger partial charge in [-0.05, 0) is 30.1 Å². The monoisotopic (exact) mass is 304 g/mol. The molecular weight excluding hydrogens is 288 g/mol. The topological polar surface area (TPSA) is 68.2 Å². The highest BCUT2D eigenvalue weighted by atomic mass is 32.1. The summed E-state index contributed by atoms with van der Waals surface area (Å²) in [7, 11) is 0. The van der Waals surface area contributed by atoms with Crippen LogP contribution in [-0.4, -0.2) is 44.6 Å². The lowest BCUT2D eigenvalue weighted by Crippen LogP contribution is -2.56. The standard InChI is InChI=1S/C14H16N4O2S/c1-2-4-12-13(21-17-16-12)14(19)18-8-11(9-18)20-10-5-3-6-15-7-10/h3,5-7,11H,2,4,8-9H2,1H3. The van der Waals surface area contributed by atoms with E-state index in [1.807, 2.05) is 12.1 Å². The van der Waals surface area contributed by atoms with Crippen LogP contribution in [0.1, 0.15) is 28.7 Å². The number of hydrogen-bond acceptors (Lipinski definition) is 6. The number of rotatable bonds is 5. The molecule has 21 heavy (non-hydrogen) atoms. The van der Waals surface area contributed by atoms with E-state index in [1.165, 1.54) is 11.5 Å². The molecule has 3 heterocycles. The van der Waals surface area contributed by atoms with E-state index in [9.17, 15) is 4.79 Å². The zero-order chi connectivity index (χ0) is 14.7. The van der Waals surface area contributed by atoms with Crippen molar-refractivity contribution in [3.63, 3.8) is 0 Å². The summed E-state index contributed by atoms with van der Waals surface area (Å²) in [6.07, 6.45) is 5.17. The molecule has 2 aromatic rings. The van der Waals surface area contributed by atoms with Crippen molar-refractivity contribution in [1.29, 1.82) is 0 Å². The first-order valence-electron chi connectivity index (χ1n) is 6.95. The fraction of sp³-hybridized carbons (Fsp3) is 0.429. The number of pyridine rings is 1. The minimum absolute atomic E-state index is 0.0134. The molecule has 0 atom stereocenters. The van der Waals surface area contributed by atoms with E-state index in [2.05, 4.69) is 21.5 Å². The fourth-order valence-corrected chi connectivity index (χ4v) is 2.88. The Labute approximate surface area is 126 Å². The first kappa shape index (κ1) is 13.9. The van der Waals surface area contributed by atoms with E-state index in [1.54, 1.807) is 17.3 Å². The summed E-state index contributed by atoms with van der Waals surface area (Å²) in [5.74, 6) is 0.750. The van der Waals surface area contributed by atoms with Gasteiger partial charge in [-0.15, -0.1) is 5.10 Å². The first-order valence-corrected chi connectivity index (χ1v) is 7.72. The lowest BCUT2D eigenvalue weighted by Gasteiger charge is -2.38. The van der Waals surface area contributed by atoms with Crippen LogP contribution in [0.4, 0.5) is 0 Å². The molecule has 1 saturated heterocycles. The molecule has 110 valence electrons. The van der Waals surface area contributed by atoms with Gasteiger partial charge in [-0.1, -0.05) is 17.8 Å². The second kappa shape index (κ2) is 6.17. The van der Waals surface area contributed by atoms with Crippen molar-refractivity contribution in [2.45, 2.75) is 25.9 Å². The summed E-state index contributed by atoms with van der Waals surface area (Å²) in [5, 5.41) is 4.04. The van der Waals surface area contributed by atoms with Crippen LogP contribution >= 0.6 is 11.5 Å². The molecule has 2 aromatic heterocycles. The lowest BCUT2D eigenvalue weighted by molar-refractivity contribution is 0.0179. The molecule has 0 unspecified atom stereocenters. The molecule has 0 spiro atoms. The Morgan fingerprint density at radius 2 is 2.38 bits per heavy atom. The predicted molar refractivity (Wildman–Crippen MR) is 78.5 cm³/mol. The maximum atomic E-state index is 12.4. The highest BCUT2D eigenvalue weighted by Crippen LogP contribution is 2.22. The molecule has 1 fully saturated rings. The average molecular weight is 304 g/mol. The van der Waals surface area contributed by atoms with Crippen LogP contribution in [0.15, 0.2) is 24.5 Å². The zero-order valence-electron chi connectivity index (χ0n) is 11.7. The summed E-state index contributed by atoms with van der Waals surface area (Å²) < 4.78 is 9.64. The number of aryl methyl sites for hydroxylation is 1. The molecule has 0 aromatic carbocycles. The van der Waals surface area contributed by atoms with Crippen molar-refractivity contribution < 1.29 is 9.53 Å². The number of amides is 1. The van der Waals surface area contributed by atoms with Crippen molar-refractivity contribution in [3.8, 4) is 5.75 Å². The van der Waals surface area contributed by atoms with Crippen LogP contribution < -0.4 is 4.74 Å². The van der Waals surface area contributed by atoms with Gasteiger partial charge in [0, 0.05) is 6.20 Å². The molecule has 7 heteroatoms. The van der Waals surface area contributed by atoms with Gasteiger partial charge in [0.25, 0.3) is 5.91 Å². The van der Waals surface area contributed by atoms with Gasteiger partial charge in [0.2, 0.25) is 0 Å². The third-order valence-corrected chi connectivity index (χ3v) is 4.07. The number of nitrogens with zero attached hydrogens (tertiary/aromatic N) is 4. The third kappa shape index (κ3) is 3.02. The second-order valence-corrected chi connectivity index (χ2v) is 5.69. The first-order chi connectivity index (χ1) is 10.3. The van der Waals surface area contributed by atoms with Gasteiger partial charge in [-0.2, -0.15) is 0 Å². The Kier molecular flexibility index (Phi) is 4.10. The smallest absolute Gasteiger partial charge is 0.267 e. The second-order valence-electron chi connectivity index (χ2n) is 4.94. The molecule has 1 aliphatic rings. The van der Waals surface area contributed by atoms with Crippen molar-refractivity contribution in [2.75, 3.05) is 13.1 Å². The third-order valence-electron chi connectivity index (χ3n) is 3.31. The van der Waals surface area contributed by atoms with E-state index >= 15 is 0 Å². The molecule has 0 saturated carbocycles. The lowest BCUT2D eigenvalue weighted by atomic mass is 10.1. The van der Waals surface area contributed by atoms with E-state index in [0.29, 0.717) is 18.0 Å². The van der Waals surface area contributed by atoms with Crippen LogP contribution in [0.3, 0.4) is 0 Å². The Bertz CT molecular complexity index is 610. The summed E-state index contributed by atoms with van der Waals surface area (Å²) in [5.41, 5.74) is 0.809. The Balaban J connectivity index is 1.56. The molecule has 6 nitrogen and oxygen atoms in total. The van der Waals surface area contributed by atoms with E-state index in [-0.39, 0.29) is 12.0 Å². The predicted octanol–water partition coefficient (Wildman–Crippen LogP) is 1.79. The van der Waals surface area contributed by atoms with Gasteiger partial charge in [0.05, 0.1) is 25.0 Å². The minimum Gasteiger partial charge on any atom is -0.485 e.